The van der Waals surface area contributed by atoms with Crippen molar-refractivity contribution in [2.24, 2.45) is 0 Å². The fourth-order valence-electron chi connectivity index (χ4n) is 0.922. The number of aromatic amines is 1. The van der Waals surface area contributed by atoms with Crippen molar-refractivity contribution in [1.29, 1.82) is 0 Å². The molecule has 1 heterocycles. The Morgan fingerprint density at radius 3 is 3.00 bits per heavy atom. The number of nitrogens with zero attached hydrogens (tertiary/aromatic N) is 1. The molecule has 66 valence electrons. The molecular formula is C7H9FN2O2. The van der Waals surface area contributed by atoms with Gasteiger partial charge in [-0.25, -0.2) is 4.39 Å². The maximum atomic E-state index is 13.5. The first-order valence-electron chi connectivity index (χ1n) is 3.42. The summed E-state index contributed by atoms with van der Waals surface area (Å²) in [6, 6.07) is 0. The third kappa shape index (κ3) is 1.81. The average molecular weight is 172 g/mol. The van der Waals surface area contributed by atoms with Gasteiger partial charge in [0, 0.05) is 11.8 Å². The summed E-state index contributed by atoms with van der Waals surface area (Å²) in [5, 5.41) is 14.3. The number of hydrogen-bond donors (Lipinski definition) is 2. The molecule has 5 heteroatoms. The minimum atomic E-state index is -1.85. The molecule has 2 N–H and O–H groups in total. The number of aliphatic carboxylic acids is 1. The van der Waals surface area contributed by atoms with Crippen LogP contribution in [0.15, 0.2) is 12.4 Å². The van der Waals surface area contributed by atoms with Crippen molar-refractivity contribution in [2.75, 3.05) is 0 Å². The number of halogens is 1. The lowest BCUT2D eigenvalue weighted by atomic mass is 9.98. The molecule has 1 aromatic rings. The van der Waals surface area contributed by atoms with Crippen LogP contribution in [0.5, 0.6) is 0 Å². The first-order valence-corrected chi connectivity index (χ1v) is 3.42. The van der Waals surface area contributed by atoms with Crippen LogP contribution in [0.25, 0.3) is 0 Å². The fourth-order valence-corrected chi connectivity index (χ4v) is 0.922. The number of rotatable bonds is 3. The highest BCUT2D eigenvalue weighted by atomic mass is 19.1. The van der Waals surface area contributed by atoms with E-state index < -0.39 is 18.1 Å². The molecule has 0 bridgehead atoms. The SMILES string of the molecule is CC(F)(CC(=O)O)c1cn[nH]c1. The van der Waals surface area contributed by atoms with E-state index in [4.69, 9.17) is 5.11 Å². The summed E-state index contributed by atoms with van der Waals surface area (Å²) in [6.45, 7) is 1.21. The molecule has 1 rings (SSSR count). The number of carboxylic acid groups (broad SMARTS) is 1. The molecule has 0 saturated carbocycles. The highest BCUT2D eigenvalue weighted by Gasteiger charge is 2.29. The maximum Gasteiger partial charge on any atom is 0.306 e. The van der Waals surface area contributed by atoms with Crippen molar-refractivity contribution in [3.63, 3.8) is 0 Å². The maximum absolute atomic E-state index is 13.5. The molecule has 1 atom stereocenters. The van der Waals surface area contributed by atoms with Crippen molar-refractivity contribution in [3.8, 4) is 0 Å². The Morgan fingerprint density at radius 1 is 1.92 bits per heavy atom. The molecule has 0 fully saturated rings. The molecule has 0 aliphatic carbocycles. The monoisotopic (exact) mass is 172 g/mol. The molecule has 0 spiro atoms. The van der Waals surface area contributed by atoms with E-state index in [2.05, 4.69) is 10.2 Å². The molecule has 0 radical (unpaired) electrons. The minimum Gasteiger partial charge on any atom is -0.481 e. The fraction of sp³-hybridized carbons (Fsp3) is 0.429. The van der Waals surface area contributed by atoms with Crippen LogP contribution in [-0.2, 0) is 10.5 Å². The van der Waals surface area contributed by atoms with Crippen LogP contribution in [-0.4, -0.2) is 21.3 Å². The molecule has 0 aliphatic heterocycles. The van der Waals surface area contributed by atoms with Crippen LogP contribution in [0, 0.1) is 0 Å². The van der Waals surface area contributed by atoms with E-state index in [0.29, 0.717) is 0 Å². The van der Waals surface area contributed by atoms with Gasteiger partial charge in [0.25, 0.3) is 0 Å². The molecule has 0 amide bonds. The summed E-state index contributed by atoms with van der Waals surface area (Å²) in [5.41, 5.74) is -1.59. The van der Waals surface area contributed by atoms with Gasteiger partial charge < -0.3 is 5.11 Å². The lowest BCUT2D eigenvalue weighted by Crippen LogP contribution is -2.19. The lowest BCUT2D eigenvalue weighted by molar-refractivity contribution is -0.140. The zero-order chi connectivity index (χ0) is 9.19. The van der Waals surface area contributed by atoms with Gasteiger partial charge in [0.2, 0.25) is 0 Å². The zero-order valence-electron chi connectivity index (χ0n) is 6.54. The van der Waals surface area contributed by atoms with Crippen LogP contribution in [0.3, 0.4) is 0 Å². The standard InChI is InChI=1S/C7H9FN2O2/c1-7(8,2-6(11)12)5-3-9-10-4-5/h3-4H,2H2,1H3,(H,9,10)(H,11,12). The van der Waals surface area contributed by atoms with Crippen molar-refractivity contribution < 1.29 is 14.3 Å². The van der Waals surface area contributed by atoms with Crippen LogP contribution >= 0.6 is 0 Å². The van der Waals surface area contributed by atoms with E-state index >= 15 is 0 Å². The van der Waals surface area contributed by atoms with Gasteiger partial charge in [-0.3, -0.25) is 9.89 Å². The second-order valence-electron chi connectivity index (χ2n) is 2.75. The Balaban J connectivity index is 2.79. The molecule has 0 saturated heterocycles. The minimum absolute atomic E-state index is 0.255. The smallest absolute Gasteiger partial charge is 0.306 e. The molecule has 0 aliphatic rings. The second-order valence-corrected chi connectivity index (χ2v) is 2.75. The van der Waals surface area contributed by atoms with Gasteiger partial charge >= 0.3 is 5.97 Å². The van der Waals surface area contributed by atoms with Gasteiger partial charge in [0.1, 0.15) is 5.67 Å². The van der Waals surface area contributed by atoms with Crippen molar-refractivity contribution in [1.82, 2.24) is 10.2 Å². The molecule has 4 nitrogen and oxygen atoms in total. The van der Waals surface area contributed by atoms with E-state index in [1.54, 1.807) is 0 Å². The van der Waals surface area contributed by atoms with E-state index in [0.717, 1.165) is 0 Å². The van der Waals surface area contributed by atoms with E-state index in [-0.39, 0.29) is 5.56 Å². The summed E-state index contributed by atoms with van der Waals surface area (Å²) in [5.74, 6) is -1.17. The van der Waals surface area contributed by atoms with Crippen LogP contribution < -0.4 is 0 Å². The summed E-state index contributed by atoms with van der Waals surface area (Å²) in [6.07, 6.45) is 2.08. The molecule has 1 unspecified atom stereocenters. The highest BCUT2D eigenvalue weighted by Crippen LogP contribution is 2.27. The average Bonchev–Trinajstić information content (AvgIpc) is 2.32. The number of nitrogens with one attached hydrogen (secondary N) is 1. The predicted molar refractivity (Wildman–Crippen MR) is 39.3 cm³/mol. The number of carbonyl (C=O) groups is 1. The van der Waals surface area contributed by atoms with E-state index in [1.165, 1.54) is 19.3 Å². The first kappa shape index (κ1) is 8.70. The molecule has 12 heavy (non-hydrogen) atoms. The normalized spacial score (nSPS) is 15.5. The summed E-state index contributed by atoms with van der Waals surface area (Å²) < 4.78 is 13.5. The third-order valence-corrected chi connectivity index (χ3v) is 1.58. The zero-order valence-corrected chi connectivity index (χ0v) is 6.54. The van der Waals surface area contributed by atoms with Gasteiger partial charge in [-0.1, -0.05) is 0 Å². The topological polar surface area (TPSA) is 66.0 Å². The highest BCUT2D eigenvalue weighted by molar-refractivity contribution is 5.68. The first-order chi connectivity index (χ1) is 5.52. The third-order valence-electron chi connectivity index (χ3n) is 1.58. The van der Waals surface area contributed by atoms with Gasteiger partial charge in [0.15, 0.2) is 0 Å². The van der Waals surface area contributed by atoms with Crippen LogP contribution in [0.4, 0.5) is 4.39 Å². The van der Waals surface area contributed by atoms with E-state index in [9.17, 15) is 9.18 Å². The Morgan fingerprint density at radius 2 is 2.58 bits per heavy atom. The predicted octanol–water partition coefficient (Wildman–Crippen LogP) is 1.07. The quantitative estimate of drug-likeness (QED) is 0.716. The molecule has 0 aromatic carbocycles. The second kappa shape index (κ2) is 2.92. The van der Waals surface area contributed by atoms with Crippen LogP contribution in [0.1, 0.15) is 18.9 Å². The number of alkyl halides is 1. The van der Waals surface area contributed by atoms with Crippen LogP contribution in [0.2, 0.25) is 0 Å². The van der Waals surface area contributed by atoms with Gasteiger partial charge in [0.05, 0.1) is 12.6 Å². The van der Waals surface area contributed by atoms with Gasteiger partial charge in [-0.05, 0) is 6.92 Å². The lowest BCUT2D eigenvalue weighted by Gasteiger charge is -2.14. The summed E-state index contributed by atoms with van der Waals surface area (Å²) in [4.78, 5) is 10.2. The Bertz CT molecular complexity index is 269. The Labute approximate surface area is 68.4 Å². The van der Waals surface area contributed by atoms with Crippen molar-refractivity contribution in [3.05, 3.63) is 18.0 Å². The number of aromatic nitrogens is 2. The largest absolute Gasteiger partial charge is 0.481 e. The number of hydrogen-bond acceptors (Lipinski definition) is 2. The van der Waals surface area contributed by atoms with E-state index in [1.807, 2.05) is 0 Å². The number of H-pyrrole nitrogens is 1. The summed E-state index contributed by atoms with van der Waals surface area (Å²) >= 11 is 0. The molecule has 1 aromatic heterocycles. The van der Waals surface area contributed by atoms with Crippen molar-refractivity contribution >= 4 is 5.97 Å². The van der Waals surface area contributed by atoms with Gasteiger partial charge in [-0.15, -0.1) is 0 Å². The Hall–Kier alpha value is -1.39. The summed E-state index contributed by atoms with van der Waals surface area (Å²) in [7, 11) is 0. The molecular weight excluding hydrogens is 163 g/mol. The number of carboxylic acids is 1. The van der Waals surface area contributed by atoms with Gasteiger partial charge in [-0.2, -0.15) is 5.10 Å². The van der Waals surface area contributed by atoms with Crippen molar-refractivity contribution in [2.45, 2.75) is 19.0 Å². The Kier molecular flexibility index (Phi) is 2.12.